The minimum Gasteiger partial charge on any atom is -0.395 e. The summed E-state index contributed by atoms with van der Waals surface area (Å²) in [5, 5.41) is 13.0. The molecule has 19 heavy (non-hydrogen) atoms. The van der Waals surface area contributed by atoms with Crippen LogP contribution in [0, 0.1) is 5.41 Å². The fraction of sp³-hybridized carbons (Fsp3) is 1.00. The standard InChI is InChI=1S/C15H30N2O2/c1-13(2)17(7-8-18)12-15(5-9-19-10-6-15)11-16-14-3-4-14/h13-14,16,18H,3-12H2,1-2H3. The maximum absolute atomic E-state index is 9.25. The van der Waals surface area contributed by atoms with Gasteiger partial charge in [-0.25, -0.2) is 0 Å². The fourth-order valence-corrected chi connectivity index (χ4v) is 2.92. The molecule has 0 radical (unpaired) electrons. The summed E-state index contributed by atoms with van der Waals surface area (Å²) in [7, 11) is 0. The van der Waals surface area contributed by atoms with Gasteiger partial charge in [-0.1, -0.05) is 0 Å². The van der Waals surface area contributed by atoms with Gasteiger partial charge in [0.2, 0.25) is 0 Å². The lowest BCUT2D eigenvalue weighted by atomic mass is 9.79. The normalized spacial score (nSPS) is 23.2. The maximum atomic E-state index is 9.25. The fourth-order valence-electron chi connectivity index (χ4n) is 2.92. The molecule has 1 aliphatic carbocycles. The third-order valence-corrected chi connectivity index (χ3v) is 4.55. The third kappa shape index (κ3) is 4.71. The van der Waals surface area contributed by atoms with Crippen molar-refractivity contribution in [3.8, 4) is 0 Å². The second-order valence-corrected chi connectivity index (χ2v) is 6.56. The Morgan fingerprint density at radius 2 is 2.00 bits per heavy atom. The zero-order valence-electron chi connectivity index (χ0n) is 12.5. The Bertz CT molecular complexity index is 261. The summed E-state index contributed by atoms with van der Waals surface area (Å²) in [5.74, 6) is 0. The van der Waals surface area contributed by atoms with E-state index < -0.39 is 0 Å². The van der Waals surface area contributed by atoms with Gasteiger partial charge in [-0.15, -0.1) is 0 Å². The van der Waals surface area contributed by atoms with Gasteiger partial charge in [0.05, 0.1) is 6.61 Å². The second-order valence-electron chi connectivity index (χ2n) is 6.56. The van der Waals surface area contributed by atoms with Gasteiger partial charge in [0.25, 0.3) is 0 Å². The molecule has 0 aromatic carbocycles. The summed E-state index contributed by atoms with van der Waals surface area (Å²) in [4.78, 5) is 2.42. The second kappa shape index (κ2) is 7.02. The summed E-state index contributed by atoms with van der Waals surface area (Å²) in [6.45, 7) is 9.43. The van der Waals surface area contributed by atoms with Crippen LogP contribution in [0.15, 0.2) is 0 Å². The molecular formula is C15H30N2O2. The van der Waals surface area contributed by atoms with E-state index in [1.807, 2.05) is 0 Å². The van der Waals surface area contributed by atoms with Crippen molar-refractivity contribution in [2.45, 2.75) is 51.6 Å². The Kier molecular flexibility index (Phi) is 5.63. The first-order valence-corrected chi connectivity index (χ1v) is 7.81. The molecular weight excluding hydrogens is 240 g/mol. The van der Waals surface area contributed by atoms with E-state index in [4.69, 9.17) is 4.74 Å². The molecule has 112 valence electrons. The van der Waals surface area contributed by atoms with Gasteiger partial charge in [0.15, 0.2) is 0 Å². The van der Waals surface area contributed by atoms with E-state index in [1.165, 1.54) is 12.8 Å². The van der Waals surface area contributed by atoms with Crippen LogP contribution in [-0.4, -0.2) is 61.5 Å². The lowest BCUT2D eigenvalue weighted by molar-refractivity contribution is -0.0122. The van der Waals surface area contributed by atoms with E-state index in [-0.39, 0.29) is 6.61 Å². The van der Waals surface area contributed by atoms with Crippen LogP contribution >= 0.6 is 0 Å². The largest absolute Gasteiger partial charge is 0.395 e. The molecule has 2 aliphatic rings. The average molecular weight is 270 g/mol. The monoisotopic (exact) mass is 270 g/mol. The first kappa shape index (κ1) is 15.2. The van der Waals surface area contributed by atoms with Crippen LogP contribution in [0.2, 0.25) is 0 Å². The van der Waals surface area contributed by atoms with Crippen LogP contribution in [-0.2, 0) is 4.74 Å². The van der Waals surface area contributed by atoms with Crippen LogP contribution in [0.25, 0.3) is 0 Å². The SMILES string of the molecule is CC(C)N(CCO)CC1(CNC2CC2)CCOCC1. The first-order valence-electron chi connectivity index (χ1n) is 7.81. The Morgan fingerprint density at radius 1 is 1.32 bits per heavy atom. The molecule has 1 saturated heterocycles. The Balaban J connectivity index is 1.93. The summed E-state index contributed by atoms with van der Waals surface area (Å²) >= 11 is 0. The molecule has 1 saturated carbocycles. The van der Waals surface area contributed by atoms with E-state index in [0.29, 0.717) is 11.5 Å². The Labute approximate surface area is 117 Å². The van der Waals surface area contributed by atoms with Crippen LogP contribution in [0.4, 0.5) is 0 Å². The topological polar surface area (TPSA) is 44.7 Å². The van der Waals surface area contributed by atoms with Crippen molar-refractivity contribution in [1.29, 1.82) is 0 Å². The van der Waals surface area contributed by atoms with Crippen LogP contribution in [0.1, 0.15) is 39.5 Å². The highest BCUT2D eigenvalue weighted by Crippen LogP contribution is 2.33. The van der Waals surface area contributed by atoms with Gasteiger partial charge < -0.3 is 15.2 Å². The number of ether oxygens (including phenoxy) is 1. The zero-order valence-corrected chi connectivity index (χ0v) is 12.5. The van der Waals surface area contributed by atoms with E-state index in [2.05, 4.69) is 24.1 Å². The molecule has 2 fully saturated rings. The lowest BCUT2D eigenvalue weighted by Crippen LogP contribution is -2.50. The van der Waals surface area contributed by atoms with Gasteiger partial charge in [0.1, 0.15) is 0 Å². The van der Waals surface area contributed by atoms with Crippen molar-refractivity contribution in [2.75, 3.05) is 39.5 Å². The van der Waals surface area contributed by atoms with Gasteiger partial charge in [-0.05, 0) is 44.9 Å². The summed E-state index contributed by atoms with van der Waals surface area (Å²) in [6, 6.07) is 1.26. The van der Waals surface area contributed by atoms with Crippen molar-refractivity contribution in [1.82, 2.24) is 10.2 Å². The molecule has 0 aromatic heterocycles. The molecule has 4 nitrogen and oxygen atoms in total. The van der Waals surface area contributed by atoms with Crippen molar-refractivity contribution >= 4 is 0 Å². The smallest absolute Gasteiger partial charge is 0.0558 e. The van der Waals surface area contributed by atoms with E-state index in [0.717, 1.165) is 51.7 Å². The van der Waals surface area contributed by atoms with Crippen LogP contribution in [0.5, 0.6) is 0 Å². The van der Waals surface area contributed by atoms with Crippen molar-refractivity contribution < 1.29 is 9.84 Å². The number of hydrogen-bond donors (Lipinski definition) is 2. The van der Waals surface area contributed by atoms with Gasteiger partial charge in [-0.3, -0.25) is 4.90 Å². The number of aliphatic hydroxyl groups excluding tert-OH is 1. The van der Waals surface area contributed by atoms with Crippen molar-refractivity contribution in [2.24, 2.45) is 5.41 Å². The molecule has 0 unspecified atom stereocenters. The van der Waals surface area contributed by atoms with Crippen LogP contribution < -0.4 is 5.32 Å². The molecule has 4 heteroatoms. The highest BCUT2D eigenvalue weighted by atomic mass is 16.5. The predicted molar refractivity (Wildman–Crippen MR) is 77.3 cm³/mol. The predicted octanol–water partition coefficient (Wildman–Crippen LogP) is 1.24. The molecule has 2 rings (SSSR count). The Hall–Kier alpha value is -0.160. The third-order valence-electron chi connectivity index (χ3n) is 4.55. The first-order chi connectivity index (χ1) is 9.15. The highest BCUT2D eigenvalue weighted by molar-refractivity contribution is 4.91. The molecule has 0 bridgehead atoms. The molecule has 1 aliphatic heterocycles. The summed E-state index contributed by atoms with van der Waals surface area (Å²) in [6.07, 6.45) is 4.97. The quantitative estimate of drug-likeness (QED) is 0.696. The lowest BCUT2D eigenvalue weighted by Gasteiger charge is -2.42. The van der Waals surface area contributed by atoms with Crippen molar-refractivity contribution in [3.63, 3.8) is 0 Å². The van der Waals surface area contributed by atoms with Crippen LogP contribution in [0.3, 0.4) is 0 Å². The van der Waals surface area contributed by atoms with Crippen molar-refractivity contribution in [3.05, 3.63) is 0 Å². The average Bonchev–Trinajstić information content (AvgIpc) is 3.21. The van der Waals surface area contributed by atoms with E-state index in [1.54, 1.807) is 0 Å². The van der Waals surface area contributed by atoms with E-state index in [9.17, 15) is 5.11 Å². The zero-order chi connectivity index (χ0) is 13.7. The molecule has 1 heterocycles. The molecule has 0 spiro atoms. The van der Waals surface area contributed by atoms with Gasteiger partial charge in [-0.2, -0.15) is 0 Å². The van der Waals surface area contributed by atoms with E-state index >= 15 is 0 Å². The summed E-state index contributed by atoms with van der Waals surface area (Å²) < 4.78 is 5.55. The summed E-state index contributed by atoms with van der Waals surface area (Å²) in [5.41, 5.74) is 0.334. The number of hydrogen-bond acceptors (Lipinski definition) is 4. The number of aliphatic hydroxyl groups is 1. The number of nitrogens with zero attached hydrogens (tertiary/aromatic N) is 1. The molecule has 0 amide bonds. The van der Waals surface area contributed by atoms with Gasteiger partial charge in [0, 0.05) is 44.9 Å². The molecule has 0 atom stereocenters. The molecule has 0 aromatic rings. The van der Waals surface area contributed by atoms with Gasteiger partial charge >= 0.3 is 0 Å². The maximum Gasteiger partial charge on any atom is 0.0558 e. The Morgan fingerprint density at radius 3 is 2.53 bits per heavy atom. The molecule has 2 N–H and O–H groups in total. The number of rotatable bonds is 8. The number of nitrogens with one attached hydrogen (secondary N) is 1. The highest BCUT2D eigenvalue weighted by Gasteiger charge is 2.36. The minimum atomic E-state index is 0.251. The minimum absolute atomic E-state index is 0.251.